The highest BCUT2D eigenvalue weighted by molar-refractivity contribution is 6.31. The summed E-state index contributed by atoms with van der Waals surface area (Å²) in [5.74, 6) is -0.0103. The van der Waals surface area contributed by atoms with Crippen LogP contribution in [-0.4, -0.2) is 50.9 Å². The van der Waals surface area contributed by atoms with Crippen LogP contribution in [0.5, 0.6) is 5.75 Å². The predicted molar refractivity (Wildman–Crippen MR) is 121 cm³/mol. The highest BCUT2D eigenvalue weighted by atomic mass is 35.5. The van der Waals surface area contributed by atoms with Crippen molar-refractivity contribution in [2.45, 2.75) is 58.8 Å². The van der Waals surface area contributed by atoms with Crippen LogP contribution in [0.2, 0.25) is 5.02 Å². The van der Waals surface area contributed by atoms with Gasteiger partial charge in [0, 0.05) is 36.2 Å². The summed E-state index contributed by atoms with van der Waals surface area (Å²) in [5.41, 5.74) is 2.61. The quantitative estimate of drug-likeness (QED) is 0.491. The average Bonchev–Trinajstić information content (AvgIpc) is 3.10. The lowest BCUT2D eigenvalue weighted by Crippen LogP contribution is -2.49. The molecular formula is C23H28ClF2N5O. The van der Waals surface area contributed by atoms with Crippen molar-refractivity contribution in [2.75, 3.05) is 20.2 Å². The van der Waals surface area contributed by atoms with Crippen LogP contribution in [0.3, 0.4) is 0 Å². The first kappa shape index (κ1) is 22.9. The number of aromatic nitrogens is 4. The Labute approximate surface area is 191 Å². The Hall–Kier alpha value is -2.32. The molecule has 172 valence electrons. The topological polar surface area (TPSA) is 56.1 Å². The molecule has 1 saturated heterocycles. The van der Waals surface area contributed by atoms with Gasteiger partial charge in [-0.2, -0.15) is 5.10 Å². The van der Waals surface area contributed by atoms with E-state index in [4.69, 9.17) is 16.3 Å². The van der Waals surface area contributed by atoms with E-state index in [-0.39, 0.29) is 16.6 Å². The number of nitrogens with zero attached hydrogens (tertiary/aromatic N) is 5. The third kappa shape index (κ3) is 3.63. The minimum atomic E-state index is -1.29. The number of likely N-dealkylation sites (tertiary alicyclic amines) is 1. The van der Waals surface area contributed by atoms with E-state index in [9.17, 15) is 4.39 Å². The predicted octanol–water partition coefficient (Wildman–Crippen LogP) is 5.38. The van der Waals surface area contributed by atoms with Gasteiger partial charge in [0.1, 0.15) is 29.8 Å². The van der Waals surface area contributed by atoms with Gasteiger partial charge in [-0.3, -0.25) is 4.90 Å². The normalized spacial score (nSPS) is 17.1. The molecule has 1 fully saturated rings. The molecule has 1 aliphatic rings. The van der Waals surface area contributed by atoms with Gasteiger partial charge < -0.3 is 4.74 Å². The number of methoxy groups -OCH3 is 1. The zero-order valence-electron chi connectivity index (χ0n) is 19.2. The monoisotopic (exact) mass is 463 g/mol. The van der Waals surface area contributed by atoms with E-state index in [1.54, 1.807) is 17.7 Å². The molecule has 0 N–H and O–H groups in total. The van der Waals surface area contributed by atoms with Crippen molar-refractivity contribution in [3.05, 3.63) is 45.7 Å². The van der Waals surface area contributed by atoms with Gasteiger partial charge in [0.15, 0.2) is 5.65 Å². The summed E-state index contributed by atoms with van der Waals surface area (Å²) in [4.78, 5) is 10.8. The second kappa shape index (κ2) is 8.56. The highest BCUT2D eigenvalue weighted by Crippen LogP contribution is 2.44. The summed E-state index contributed by atoms with van der Waals surface area (Å²) < 4.78 is 36.9. The fraction of sp³-hybridized carbons (Fsp3) is 0.522. The molecule has 0 spiro atoms. The van der Waals surface area contributed by atoms with Crippen LogP contribution in [0.15, 0.2) is 12.4 Å². The van der Waals surface area contributed by atoms with E-state index < -0.39 is 18.0 Å². The molecule has 2 unspecified atom stereocenters. The van der Waals surface area contributed by atoms with Gasteiger partial charge in [0.2, 0.25) is 0 Å². The molecule has 4 rings (SSSR count). The van der Waals surface area contributed by atoms with Crippen molar-refractivity contribution in [3.8, 4) is 5.75 Å². The summed E-state index contributed by atoms with van der Waals surface area (Å²) in [7, 11) is 1.53. The summed E-state index contributed by atoms with van der Waals surface area (Å²) in [6.45, 7) is 10.8. The second-order valence-electron chi connectivity index (χ2n) is 8.73. The molecule has 32 heavy (non-hydrogen) atoms. The minimum absolute atomic E-state index is 0.0163. The van der Waals surface area contributed by atoms with Gasteiger partial charge >= 0.3 is 0 Å². The van der Waals surface area contributed by atoms with Crippen LogP contribution in [-0.2, 0) is 0 Å². The molecule has 0 amide bonds. The number of aryl methyl sites for hydroxylation is 1. The molecule has 6 nitrogen and oxygen atoms in total. The average molecular weight is 464 g/mol. The van der Waals surface area contributed by atoms with Crippen LogP contribution < -0.4 is 4.74 Å². The smallest absolute Gasteiger partial charge is 0.162 e. The maximum atomic E-state index is 15.2. The summed E-state index contributed by atoms with van der Waals surface area (Å²) in [6.07, 6.45) is 0.145. The zero-order valence-corrected chi connectivity index (χ0v) is 19.9. The number of benzene rings is 1. The third-order valence-corrected chi connectivity index (χ3v) is 6.66. The molecule has 2 atom stereocenters. The first-order valence-electron chi connectivity index (χ1n) is 10.8. The van der Waals surface area contributed by atoms with Gasteiger partial charge in [-0.05, 0) is 40.7 Å². The Balaban J connectivity index is 1.85. The zero-order chi connectivity index (χ0) is 23.3. The standard InChI is InChI=1S/C23H28ClF2N5O/c1-11(2)30-8-15(9-30)19-20(26)17(24)7-16(22(19)32-6)14(5)31-23-18(13(4)27-10-28-23)21(29-31)12(3)25/h7,10-12,14-15H,8-9H2,1-6H3. The summed E-state index contributed by atoms with van der Waals surface area (Å²) in [6, 6.07) is 1.54. The first-order chi connectivity index (χ1) is 15.1. The molecular weight excluding hydrogens is 436 g/mol. The van der Waals surface area contributed by atoms with Crippen molar-refractivity contribution in [1.82, 2.24) is 24.6 Å². The SMILES string of the molecule is COc1c(C(C)n2nc(C(C)F)c3c(C)ncnc32)cc(Cl)c(F)c1C1CN(C(C)C)C1. The Bertz CT molecular complexity index is 1160. The van der Waals surface area contributed by atoms with E-state index in [0.717, 1.165) is 13.1 Å². The Morgan fingerprint density at radius 1 is 1.19 bits per heavy atom. The third-order valence-electron chi connectivity index (χ3n) is 6.39. The molecule has 0 bridgehead atoms. The number of rotatable bonds is 6. The fourth-order valence-electron chi connectivity index (χ4n) is 4.50. The first-order valence-corrected chi connectivity index (χ1v) is 11.2. The lowest BCUT2D eigenvalue weighted by atomic mass is 9.87. The number of halogens is 3. The molecule has 0 radical (unpaired) electrons. The molecule has 0 saturated carbocycles. The molecule has 0 aliphatic carbocycles. The number of hydrogen-bond donors (Lipinski definition) is 0. The van der Waals surface area contributed by atoms with Crippen LogP contribution in [0.25, 0.3) is 11.0 Å². The number of alkyl halides is 1. The van der Waals surface area contributed by atoms with Crippen molar-refractivity contribution in [1.29, 1.82) is 0 Å². The molecule has 1 aliphatic heterocycles. The van der Waals surface area contributed by atoms with Crippen LogP contribution in [0.4, 0.5) is 8.78 Å². The molecule has 9 heteroatoms. The fourth-order valence-corrected chi connectivity index (χ4v) is 4.72. The summed E-state index contributed by atoms with van der Waals surface area (Å²) >= 11 is 6.34. The maximum Gasteiger partial charge on any atom is 0.162 e. The van der Waals surface area contributed by atoms with Crippen molar-refractivity contribution in [2.24, 2.45) is 0 Å². The lowest BCUT2D eigenvalue weighted by Gasteiger charge is -2.43. The molecule has 2 aromatic heterocycles. The largest absolute Gasteiger partial charge is 0.496 e. The Kier molecular flexibility index (Phi) is 6.11. The van der Waals surface area contributed by atoms with Crippen molar-refractivity contribution >= 4 is 22.6 Å². The summed E-state index contributed by atoms with van der Waals surface area (Å²) in [5, 5.41) is 5.16. The van der Waals surface area contributed by atoms with E-state index in [1.165, 1.54) is 20.4 Å². The van der Waals surface area contributed by atoms with Gasteiger partial charge in [-0.1, -0.05) is 11.6 Å². The van der Waals surface area contributed by atoms with E-state index in [2.05, 4.69) is 33.8 Å². The van der Waals surface area contributed by atoms with Gasteiger partial charge in [-0.15, -0.1) is 0 Å². The van der Waals surface area contributed by atoms with Crippen molar-refractivity contribution in [3.63, 3.8) is 0 Å². The van der Waals surface area contributed by atoms with Crippen LogP contribution in [0.1, 0.15) is 68.3 Å². The maximum absolute atomic E-state index is 15.2. The van der Waals surface area contributed by atoms with E-state index in [0.29, 0.717) is 39.6 Å². The van der Waals surface area contributed by atoms with Crippen molar-refractivity contribution < 1.29 is 13.5 Å². The van der Waals surface area contributed by atoms with E-state index >= 15 is 4.39 Å². The van der Waals surface area contributed by atoms with Crippen LogP contribution >= 0.6 is 11.6 Å². The number of fused-ring (bicyclic) bond motifs is 1. The molecule has 1 aromatic carbocycles. The second-order valence-corrected chi connectivity index (χ2v) is 9.14. The molecule has 3 heterocycles. The van der Waals surface area contributed by atoms with E-state index in [1.807, 2.05) is 6.92 Å². The van der Waals surface area contributed by atoms with Gasteiger partial charge in [-0.25, -0.2) is 23.4 Å². The van der Waals surface area contributed by atoms with Crippen LogP contribution in [0, 0.1) is 12.7 Å². The van der Waals surface area contributed by atoms with Gasteiger partial charge in [0.25, 0.3) is 0 Å². The van der Waals surface area contributed by atoms with Gasteiger partial charge in [0.05, 0.1) is 29.3 Å². The number of ether oxygens (including phenoxy) is 1. The lowest BCUT2D eigenvalue weighted by molar-refractivity contribution is 0.106. The highest BCUT2D eigenvalue weighted by Gasteiger charge is 2.36. The Morgan fingerprint density at radius 3 is 2.47 bits per heavy atom. The number of hydrogen-bond acceptors (Lipinski definition) is 5. The molecule has 3 aromatic rings. The minimum Gasteiger partial charge on any atom is -0.496 e. The Morgan fingerprint density at radius 2 is 1.88 bits per heavy atom.